The molecule has 2 aliphatic heterocycles. The molecule has 1 aromatic carbocycles. The molecule has 1 aromatic rings. The molecule has 3 rings (SSSR count). The molecule has 0 spiro atoms. The number of amides is 1. The van der Waals surface area contributed by atoms with Crippen molar-refractivity contribution in [3.05, 3.63) is 35.1 Å². The third-order valence-electron chi connectivity index (χ3n) is 4.72. The normalized spacial score (nSPS) is 23.0. The van der Waals surface area contributed by atoms with Gasteiger partial charge in [-0.3, -0.25) is 4.79 Å². The van der Waals surface area contributed by atoms with Crippen molar-refractivity contribution in [2.45, 2.75) is 38.6 Å². The van der Waals surface area contributed by atoms with Crippen LogP contribution in [-0.2, 0) is 0 Å². The van der Waals surface area contributed by atoms with Crippen molar-refractivity contribution in [1.29, 1.82) is 0 Å². The minimum atomic E-state index is -0.295. The van der Waals surface area contributed by atoms with E-state index < -0.39 is 0 Å². The number of carbonyl (C=O) groups excluding carboxylic acids is 1. The minimum absolute atomic E-state index is 0.0180. The van der Waals surface area contributed by atoms with Gasteiger partial charge in [0.2, 0.25) is 0 Å². The average Bonchev–Trinajstić information content (AvgIpc) is 3.13. The molecule has 0 aromatic heterocycles. The second-order valence-corrected chi connectivity index (χ2v) is 6.27. The maximum atomic E-state index is 13.7. The smallest absolute Gasteiger partial charge is 0.254 e. The Balaban J connectivity index is 1.71. The van der Waals surface area contributed by atoms with Gasteiger partial charge in [-0.1, -0.05) is 6.07 Å². The second kappa shape index (κ2) is 6.14. The molecule has 0 radical (unpaired) electrons. The van der Waals surface area contributed by atoms with Crippen LogP contribution in [0.25, 0.3) is 0 Å². The Morgan fingerprint density at radius 2 is 2.00 bits per heavy atom. The number of nitrogens with zero attached hydrogens (tertiary/aromatic N) is 2. The van der Waals surface area contributed by atoms with Crippen LogP contribution >= 0.6 is 0 Å². The number of aryl methyl sites for hydroxylation is 1. The van der Waals surface area contributed by atoms with Crippen molar-refractivity contribution < 1.29 is 9.18 Å². The zero-order chi connectivity index (χ0) is 14.8. The Bertz CT molecular complexity index is 526. The molecular weight excluding hydrogens is 267 g/mol. The van der Waals surface area contributed by atoms with Gasteiger partial charge in [0.05, 0.1) is 0 Å². The Morgan fingerprint density at radius 1 is 1.24 bits per heavy atom. The molecule has 2 heterocycles. The Labute approximate surface area is 125 Å². The van der Waals surface area contributed by atoms with Crippen LogP contribution in [0.2, 0.25) is 0 Å². The fourth-order valence-electron chi connectivity index (χ4n) is 3.45. The highest BCUT2D eigenvalue weighted by atomic mass is 19.1. The molecule has 0 saturated carbocycles. The van der Waals surface area contributed by atoms with Crippen LogP contribution in [0.5, 0.6) is 0 Å². The minimum Gasteiger partial charge on any atom is -0.334 e. The van der Waals surface area contributed by atoms with E-state index in [4.69, 9.17) is 0 Å². The van der Waals surface area contributed by atoms with Crippen molar-refractivity contribution in [2.75, 3.05) is 26.2 Å². The van der Waals surface area contributed by atoms with Crippen molar-refractivity contribution in [3.8, 4) is 0 Å². The van der Waals surface area contributed by atoms with Gasteiger partial charge in [0, 0.05) is 24.7 Å². The van der Waals surface area contributed by atoms with Gasteiger partial charge in [0.25, 0.3) is 5.91 Å². The summed E-state index contributed by atoms with van der Waals surface area (Å²) in [7, 11) is 0. The van der Waals surface area contributed by atoms with E-state index >= 15 is 0 Å². The predicted octanol–water partition coefficient (Wildman–Crippen LogP) is 2.83. The summed E-state index contributed by atoms with van der Waals surface area (Å²) in [5.41, 5.74) is 1.06. The summed E-state index contributed by atoms with van der Waals surface area (Å²) in [5.74, 6) is -0.313. The van der Waals surface area contributed by atoms with Gasteiger partial charge in [-0.15, -0.1) is 0 Å². The number of carbonyl (C=O) groups is 1. The van der Waals surface area contributed by atoms with Crippen LogP contribution in [0.1, 0.15) is 41.6 Å². The Morgan fingerprint density at radius 3 is 2.71 bits per heavy atom. The van der Waals surface area contributed by atoms with Gasteiger partial charge >= 0.3 is 0 Å². The average molecular weight is 290 g/mol. The van der Waals surface area contributed by atoms with Gasteiger partial charge in [0.1, 0.15) is 5.82 Å². The van der Waals surface area contributed by atoms with Crippen molar-refractivity contribution >= 4 is 5.91 Å². The molecule has 21 heavy (non-hydrogen) atoms. The summed E-state index contributed by atoms with van der Waals surface area (Å²) < 4.78 is 13.7. The standard InChI is InChI=1S/C17H23FN2O/c1-13-6-7-14(11-16(13)18)17(21)20-10-4-5-15(20)12-19-8-2-3-9-19/h6-7,11,15H,2-5,8-10,12H2,1H3/t15-/m1/s1. The Hall–Kier alpha value is -1.42. The van der Waals surface area contributed by atoms with Crippen LogP contribution < -0.4 is 0 Å². The van der Waals surface area contributed by atoms with E-state index in [1.165, 1.54) is 18.9 Å². The van der Waals surface area contributed by atoms with E-state index in [0.717, 1.165) is 39.0 Å². The van der Waals surface area contributed by atoms with Gasteiger partial charge in [0.15, 0.2) is 0 Å². The van der Waals surface area contributed by atoms with Crippen LogP contribution in [0.4, 0.5) is 4.39 Å². The lowest BCUT2D eigenvalue weighted by molar-refractivity contribution is 0.0708. The van der Waals surface area contributed by atoms with E-state index in [0.29, 0.717) is 17.2 Å². The first-order valence-corrected chi connectivity index (χ1v) is 7.94. The van der Waals surface area contributed by atoms with Crippen molar-refractivity contribution in [3.63, 3.8) is 0 Å². The molecule has 0 unspecified atom stereocenters. The molecular formula is C17H23FN2O. The molecule has 2 saturated heterocycles. The van der Waals surface area contributed by atoms with Gasteiger partial charge in [-0.2, -0.15) is 0 Å². The number of benzene rings is 1. The summed E-state index contributed by atoms with van der Waals surface area (Å²) >= 11 is 0. The number of hydrogen-bond donors (Lipinski definition) is 0. The van der Waals surface area contributed by atoms with Crippen molar-refractivity contribution in [2.24, 2.45) is 0 Å². The van der Waals surface area contributed by atoms with Gasteiger partial charge in [-0.05, 0) is 63.4 Å². The third-order valence-corrected chi connectivity index (χ3v) is 4.72. The highest BCUT2D eigenvalue weighted by Crippen LogP contribution is 2.23. The van der Waals surface area contributed by atoms with Crippen LogP contribution in [0.3, 0.4) is 0 Å². The number of likely N-dealkylation sites (tertiary alicyclic amines) is 2. The number of hydrogen-bond acceptors (Lipinski definition) is 2. The topological polar surface area (TPSA) is 23.6 Å². The molecule has 1 atom stereocenters. The van der Waals surface area contributed by atoms with Crippen LogP contribution in [0.15, 0.2) is 18.2 Å². The van der Waals surface area contributed by atoms with E-state index in [2.05, 4.69) is 4.90 Å². The molecule has 1 amide bonds. The van der Waals surface area contributed by atoms with E-state index in [1.54, 1.807) is 19.1 Å². The summed E-state index contributed by atoms with van der Waals surface area (Å²) in [4.78, 5) is 17.0. The molecule has 3 nitrogen and oxygen atoms in total. The monoisotopic (exact) mass is 290 g/mol. The molecule has 2 fully saturated rings. The maximum Gasteiger partial charge on any atom is 0.254 e. The first-order chi connectivity index (χ1) is 10.1. The SMILES string of the molecule is Cc1ccc(C(=O)N2CCC[C@@H]2CN2CCCC2)cc1F. The number of rotatable bonds is 3. The largest absolute Gasteiger partial charge is 0.334 e. The lowest BCUT2D eigenvalue weighted by atomic mass is 10.1. The van der Waals surface area contributed by atoms with E-state index in [-0.39, 0.29) is 11.7 Å². The molecule has 0 aliphatic carbocycles. The quantitative estimate of drug-likeness (QED) is 0.854. The fourth-order valence-corrected chi connectivity index (χ4v) is 3.45. The van der Waals surface area contributed by atoms with E-state index in [1.807, 2.05) is 4.90 Å². The zero-order valence-electron chi connectivity index (χ0n) is 12.6. The first-order valence-electron chi connectivity index (χ1n) is 7.94. The van der Waals surface area contributed by atoms with Gasteiger partial charge < -0.3 is 9.80 Å². The fraction of sp³-hybridized carbons (Fsp3) is 0.588. The predicted molar refractivity (Wildman–Crippen MR) is 80.9 cm³/mol. The highest BCUT2D eigenvalue weighted by molar-refractivity contribution is 5.94. The van der Waals surface area contributed by atoms with Crippen LogP contribution in [0, 0.1) is 12.7 Å². The van der Waals surface area contributed by atoms with Gasteiger partial charge in [-0.25, -0.2) is 4.39 Å². The summed E-state index contributed by atoms with van der Waals surface area (Å²) in [6.07, 6.45) is 4.66. The zero-order valence-corrected chi connectivity index (χ0v) is 12.6. The molecule has 4 heteroatoms. The molecule has 0 bridgehead atoms. The van der Waals surface area contributed by atoms with Crippen LogP contribution in [-0.4, -0.2) is 47.9 Å². The van der Waals surface area contributed by atoms with Crippen molar-refractivity contribution in [1.82, 2.24) is 9.80 Å². The van der Waals surface area contributed by atoms with E-state index in [9.17, 15) is 9.18 Å². The Kier molecular flexibility index (Phi) is 4.24. The molecule has 2 aliphatic rings. The first kappa shape index (κ1) is 14.5. The molecule has 0 N–H and O–H groups in total. The lowest BCUT2D eigenvalue weighted by Crippen LogP contribution is -2.42. The summed E-state index contributed by atoms with van der Waals surface area (Å²) in [6, 6.07) is 5.10. The maximum absolute atomic E-state index is 13.7. The third kappa shape index (κ3) is 3.10. The lowest BCUT2D eigenvalue weighted by Gasteiger charge is -2.28. The second-order valence-electron chi connectivity index (χ2n) is 6.27. The highest BCUT2D eigenvalue weighted by Gasteiger charge is 2.31. The number of halogens is 1. The molecule has 114 valence electrons. The summed E-state index contributed by atoms with van der Waals surface area (Å²) in [6.45, 7) is 5.79. The summed E-state index contributed by atoms with van der Waals surface area (Å²) in [5, 5.41) is 0.